The molecule has 0 aliphatic carbocycles. The van der Waals surface area contributed by atoms with Gasteiger partial charge in [0, 0.05) is 11.1 Å². The second-order valence-corrected chi connectivity index (χ2v) is 12.8. The summed E-state index contributed by atoms with van der Waals surface area (Å²) in [6.07, 6.45) is 0.943. The van der Waals surface area contributed by atoms with Gasteiger partial charge in [-0.2, -0.15) is 0 Å². The number of fused-ring (bicyclic) bond motifs is 2. The molecule has 0 unspecified atom stereocenters. The Balaban J connectivity index is 1.72. The molecule has 1 aliphatic rings. The summed E-state index contributed by atoms with van der Waals surface area (Å²) < 4.78 is 66.7. The lowest BCUT2D eigenvalue weighted by atomic mass is 10.0. The van der Waals surface area contributed by atoms with E-state index in [1.165, 1.54) is 47.0 Å². The first-order chi connectivity index (χ1) is 17.8. The van der Waals surface area contributed by atoms with Crippen molar-refractivity contribution >= 4 is 47.8 Å². The molecular weight excluding hydrogens is 533 g/mol. The maximum absolute atomic E-state index is 13.8. The number of aryl methyl sites for hydroxylation is 1. The summed E-state index contributed by atoms with van der Waals surface area (Å²) in [5, 5.41) is 11.5. The summed E-state index contributed by atoms with van der Waals surface area (Å²) in [6.45, 7) is 1.86. The van der Waals surface area contributed by atoms with Crippen LogP contribution in [0.25, 0.3) is 10.9 Å². The quantitative estimate of drug-likeness (QED) is 0.387. The Hall–Kier alpha value is -4.03. The molecule has 9 nitrogen and oxygen atoms in total. The number of sulfone groups is 1. The summed E-state index contributed by atoms with van der Waals surface area (Å²) in [5.74, 6) is -1.50. The first-order valence-corrected chi connectivity index (χ1v) is 14.9. The molecule has 2 N–H and O–H groups in total. The largest absolute Gasteiger partial charge is 0.506 e. The van der Waals surface area contributed by atoms with Crippen molar-refractivity contribution in [2.45, 2.75) is 18.4 Å². The van der Waals surface area contributed by atoms with E-state index in [1.807, 2.05) is 6.92 Å². The summed E-state index contributed by atoms with van der Waals surface area (Å²) in [6, 6.07) is 14.6. The Morgan fingerprint density at radius 2 is 1.79 bits per heavy atom. The van der Waals surface area contributed by atoms with E-state index < -0.39 is 42.7 Å². The highest BCUT2D eigenvalue weighted by Gasteiger charge is 2.31. The minimum Gasteiger partial charge on any atom is -0.506 e. The molecule has 0 radical (unpaired) electrons. The van der Waals surface area contributed by atoms with E-state index >= 15 is 0 Å². The SMILES string of the molecule is Cc1ccc2c(c1)c(O)c(C1=Nc3ccc(NS(C)(=O)=O)cc3S(=O)(=O)C1)c(=O)n2Cc1ccc(F)cc1. The van der Waals surface area contributed by atoms with Gasteiger partial charge in [0.25, 0.3) is 5.56 Å². The average Bonchev–Trinajstić information content (AvgIpc) is 2.82. The van der Waals surface area contributed by atoms with Crippen molar-refractivity contribution in [3.8, 4) is 5.75 Å². The van der Waals surface area contributed by atoms with Crippen LogP contribution in [-0.2, 0) is 26.4 Å². The molecule has 38 heavy (non-hydrogen) atoms. The Morgan fingerprint density at radius 3 is 2.47 bits per heavy atom. The molecular formula is C26H22FN3O6S2. The molecule has 0 saturated carbocycles. The molecule has 0 atom stereocenters. The summed E-state index contributed by atoms with van der Waals surface area (Å²) in [4.78, 5) is 18.0. The molecule has 0 bridgehead atoms. The molecule has 1 aliphatic heterocycles. The highest BCUT2D eigenvalue weighted by molar-refractivity contribution is 7.92. The number of anilines is 1. The lowest BCUT2D eigenvalue weighted by Gasteiger charge is -2.20. The fourth-order valence-electron chi connectivity index (χ4n) is 4.44. The Morgan fingerprint density at radius 1 is 1.08 bits per heavy atom. The second kappa shape index (κ2) is 9.07. The highest BCUT2D eigenvalue weighted by atomic mass is 32.2. The van der Waals surface area contributed by atoms with Crippen molar-refractivity contribution in [3.63, 3.8) is 0 Å². The molecule has 0 saturated heterocycles. The molecule has 0 amide bonds. The molecule has 5 rings (SSSR count). The third-order valence-electron chi connectivity index (χ3n) is 6.12. The van der Waals surface area contributed by atoms with E-state index in [4.69, 9.17) is 0 Å². The number of halogens is 1. The predicted molar refractivity (Wildman–Crippen MR) is 143 cm³/mol. The number of aromatic hydroxyl groups is 1. The zero-order valence-electron chi connectivity index (χ0n) is 20.3. The van der Waals surface area contributed by atoms with Crippen LogP contribution >= 0.6 is 0 Å². The van der Waals surface area contributed by atoms with E-state index in [0.29, 0.717) is 16.5 Å². The summed E-state index contributed by atoms with van der Waals surface area (Å²) >= 11 is 0. The van der Waals surface area contributed by atoms with Crippen LogP contribution < -0.4 is 10.3 Å². The van der Waals surface area contributed by atoms with Crippen LogP contribution in [0.2, 0.25) is 0 Å². The molecule has 12 heteroatoms. The number of rotatable bonds is 5. The van der Waals surface area contributed by atoms with Crippen LogP contribution in [0.1, 0.15) is 16.7 Å². The van der Waals surface area contributed by atoms with Gasteiger partial charge < -0.3 is 9.67 Å². The van der Waals surface area contributed by atoms with Crippen molar-refractivity contribution in [1.82, 2.24) is 4.57 Å². The third-order valence-corrected chi connectivity index (χ3v) is 8.37. The van der Waals surface area contributed by atoms with Gasteiger partial charge in [-0.15, -0.1) is 0 Å². The number of aliphatic imine (C=N–C) groups is 1. The number of sulfonamides is 1. The Labute approximate surface area is 217 Å². The minimum atomic E-state index is -4.06. The van der Waals surface area contributed by atoms with Crippen molar-refractivity contribution in [2.24, 2.45) is 4.99 Å². The van der Waals surface area contributed by atoms with E-state index in [9.17, 15) is 31.1 Å². The monoisotopic (exact) mass is 555 g/mol. The molecule has 0 spiro atoms. The second-order valence-electron chi connectivity index (χ2n) is 9.14. The average molecular weight is 556 g/mol. The summed E-state index contributed by atoms with van der Waals surface area (Å²) in [5.41, 5.74) is 0.871. The fourth-order valence-corrected chi connectivity index (χ4v) is 6.46. The number of pyridine rings is 1. The van der Waals surface area contributed by atoms with Crippen LogP contribution in [0.4, 0.5) is 15.8 Å². The number of nitrogens with one attached hydrogen (secondary N) is 1. The fraction of sp³-hybridized carbons (Fsp3) is 0.154. The van der Waals surface area contributed by atoms with Gasteiger partial charge in [-0.05, 0) is 55.0 Å². The van der Waals surface area contributed by atoms with Crippen LogP contribution in [0.15, 0.2) is 75.3 Å². The predicted octanol–water partition coefficient (Wildman–Crippen LogP) is 3.48. The molecule has 3 aromatic carbocycles. The molecule has 196 valence electrons. The molecule has 1 aromatic heterocycles. The van der Waals surface area contributed by atoms with Gasteiger partial charge >= 0.3 is 0 Å². The van der Waals surface area contributed by atoms with Crippen LogP contribution in [0.3, 0.4) is 0 Å². The number of hydrogen-bond donors (Lipinski definition) is 2. The van der Waals surface area contributed by atoms with Gasteiger partial charge in [0.05, 0.1) is 40.4 Å². The molecule has 2 heterocycles. The van der Waals surface area contributed by atoms with E-state index in [2.05, 4.69) is 9.71 Å². The maximum Gasteiger partial charge on any atom is 0.264 e. The van der Waals surface area contributed by atoms with E-state index in [1.54, 1.807) is 18.2 Å². The minimum absolute atomic E-state index is 0.0125. The normalized spacial score (nSPS) is 14.7. The highest BCUT2D eigenvalue weighted by Crippen LogP contribution is 2.36. The van der Waals surface area contributed by atoms with Crippen LogP contribution in [0, 0.1) is 12.7 Å². The molecule has 0 fully saturated rings. The van der Waals surface area contributed by atoms with Gasteiger partial charge in [0.15, 0.2) is 9.84 Å². The van der Waals surface area contributed by atoms with Crippen molar-refractivity contribution < 1.29 is 26.3 Å². The van der Waals surface area contributed by atoms with Crippen LogP contribution in [0.5, 0.6) is 5.75 Å². The first kappa shape index (κ1) is 25.6. The zero-order valence-corrected chi connectivity index (χ0v) is 21.9. The first-order valence-electron chi connectivity index (χ1n) is 11.4. The zero-order chi connectivity index (χ0) is 27.4. The number of aromatic nitrogens is 1. The van der Waals surface area contributed by atoms with Crippen molar-refractivity contribution in [1.29, 1.82) is 0 Å². The van der Waals surface area contributed by atoms with Gasteiger partial charge in [-0.3, -0.25) is 14.5 Å². The Bertz CT molecular complexity index is 1930. The lowest BCUT2D eigenvalue weighted by molar-refractivity contribution is 0.477. The van der Waals surface area contributed by atoms with Gasteiger partial charge in [0.2, 0.25) is 10.0 Å². The van der Waals surface area contributed by atoms with Gasteiger partial charge in [-0.1, -0.05) is 23.8 Å². The standard InChI is InChI=1S/C26H22FN3O6S2/c1-15-3-10-22-19(11-15)25(31)24(26(32)30(22)13-16-4-6-17(27)7-5-16)21-14-38(35,36)23-12-18(29-37(2,33)34)8-9-20(23)28-21/h3-12,29,31H,13-14H2,1-2H3. The smallest absolute Gasteiger partial charge is 0.264 e. The lowest BCUT2D eigenvalue weighted by Crippen LogP contribution is -2.32. The Kier molecular flexibility index (Phi) is 6.11. The molecule has 4 aromatic rings. The van der Waals surface area contributed by atoms with Crippen LogP contribution in [-0.4, -0.2) is 44.2 Å². The number of hydrogen-bond acceptors (Lipinski definition) is 7. The van der Waals surface area contributed by atoms with Crippen molar-refractivity contribution in [2.75, 3.05) is 16.7 Å². The van der Waals surface area contributed by atoms with E-state index in [-0.39, 0.29) is 34.1 Å². The number of benzene rings is 3. The third kappa shape index (κ3) is 4.79. The maximum atomic E-state index is 13.8. The van der Waals surface area contributed by atoms with Crippen molar-refractivity contribution in [3.05, 3.63) is 93.5 Å². The number of nitrogens with zero attached hydrogens (tertiary/aromatic N) is 2. The summed E-state index contributed by atoms with van der Waals surface area (Å²) in [7, 11) is -7.70. The van der Waals surface area contributed by atoms with Gasteiger partial charge in [0.1, 0.15) is 17.1 Å². The van der Waals surface area contributed by atoms with Gasteiger partial charge in [-0.25, -0.2) is 21.2 Å². The van der Waals surface area contributed by atoms with E-state index in [0.717, 1.165) is 11.8 Å². The topological polar surface area (TPSA) is 135 Å².